The van der Waals surface area contributed by atoms with E-state index in [0.717, 1.165) is 4.90 Å². The highest BCUT2D eigenvalue weighted by Crippen LogP contribution is 2.33. The zero-order valence-corrected chi connectivity index (χ0v) is 14.5. The van der Waals surface area contributed by atoms with Crippen molar-refractivity contribution in [2.24, 2.45) is 0 Å². The van der Waals surface area contributed by atoms with E-state index in [1.165, 1.54) is 14.2 Å². The van der Waals surface area contributed by atoms with Crippen LogP contribution in [0.2, 0.25) is 5.02 Å². The molecule has 130 valence electrons. The van der Waals surface area contributed by atoms with Gasteiger partial charge in [0.2, 0.25) is 5.91 Å². The molecule has 0 aromatic heterocycles. The quantitative estimate of drug-likeness (QED) is 0.830. The maximum atomic E-state index is 12.7. The highest BCUT2D eigenvalue weighted by atomic mass is 35.5. The van der Waals surface area contributed by atoms with E-state index in [0.29, 0.717) is 27.9 Å². The van der Waals surface area contributed by atoms with Gasteiger partial charge in [0.15, 0.2) is 0 Å². The highest BCUT2D eigenvalue weighted by Gasteiger charge is 2.40. The van der Waals surface area contributed by atoms with Crippen molar-refractivity contribution in [2.45, 2.75) is 12.5 Å². The second kappa shape index (κ2) is 7.03. The van der Waals surface area contributed by atoms with Gasteiger partial charge in [-0.1, -0.05) is 23.7 Å². The fourth-order valence-electron chi connectivity index (χ4n) is 2.77. The van der Waals surface area contributed by atoms with Crippen molar-refractivity contribution >= 4 is 34.8 Å². The summed E-state index contributed by atoms with van der Waals surface area (Å²) < 4.78 is 10.4. The Hall–Kier alpha value is -2.73. The molecule has 0 aliphatic carbocycles. The average Bonchev–Trinajstić information content (AvgIpc) is 2.88. The lowest BCUT2D eigenvalue weighted by Gasteiger charge is -2.18. The van der Waals surface area contributed by atoms with E-state index in [1.807, 2.05) is 0 Å². The molecular weight excluding hydrogens is 344 g/mol. The standard InChI is InChI=1S/C18H17ClN2O4/c1-24-15-8-7-11(9-12(15)19)20-13-10-17(22)21(18(13)23)14-5-3-4-6-16(14)25-2/h3-9,13,20H,10H2,1-2H3/t13-/m0/s1. The van der Waals surface area contributed by atoms with Crippen LogP contribution < -0.4 is 19.7 Å². The Bertz CT molecular complexity index is 824. The first-order valence-electron chi connectivity index (χ1n) is 7.65. The number of carbonyl (C=O) groups excluding carboxylic acids is 2. The maximum absolute atomic E-state index is 12.7. The lowest BCUT2D eigenvalue weighted by atomic mass is 10.2. The number of rotatable bonds is 5. The van der Waals surface area contributed by atoms with Gasteiger partial charge in [-0.3, -0.25) is 9.59 Å². The molecular formula is C18H17ClN2O4. The molecule has 0 radical (unpaired) electrons. The first kappa shape index (κ1) is 17.1. The van der Waals surface area contributed by atoms with Crippen LogP contribution in [-0.2, 0) is 9.59 Å². The van der Waals surface area contributed by atoms with Crippen molar-refractivity contribution in [3.8, 4) is 11.5 Å². The molecule has 1 aliphatic heterocycles. The third-order valence-corrected chi connectivity index (χ3v) is 4.26. The summed E-state index contributed by atoms with van der Waals surface area (Å²) in [5.74, 6) is 0.391. The first-order chi connectivity index (χ1) is 12.0. The molecule has 1 aliphatic rings. The molecule has 1 fully saturated rings. The molecule has 2 aromatic carbocycles. The van der Waals surface area contributed by atoms with Crippen LogP contribution in [0, 0.1) is 0 Å². The topological polar surface area (TPSA) is 67.9 Å². The van der Waals surface area contributed by atoms with E-state index in [4.69, 9.17) is 21.1 Å². The molecule has 7 heteroatoms. The number of hydrogen-bond donors (Lipinski definition) is 1. The summed E-state index contributed by atoms with van der Waals surface area (Å²) in [4.78, 5) is 26.3. The number of amides is 2. The van der Waals surface area contributed by atoms with E-state index in [9.17, 15) is 9.59 Å². The summed E-state index contributed by atoms with van der Waals surface area (Å²) in [6.07, 6.45) is 0.0561. The molecule has 1 atom stereocenters. The lowest BCUT2D eigenvalue weighted by Crippen LogP contribution is -2.35. The molecule has 1 saturated heterocycles. The molecule has 6 nitrogen and oxygen atoms in total. The fourth-order valence-corrected chi connectivity index (χ4v) is 3.03. The van der Waals surface area contributed by atoms with Gasteiger partial charge in [-0.2, -0.15) is 0 Å². The molecule has 0 bridgehead atoms. The number of imide groups is 1. The predicted molar refractivity (Wildman–Crippen MR) is 95.5 cm³/mol. The van der Waals surface area contributed by atoms with Gasteiger partial charge in [-0.25, -0.2) is 4.90 Å². The van der Waals surface area contributed by atoms with E-state index in [1.54, 1.807) is 42.5 Å². The lowest BCUT2D eigenvalue weighted by molar-refractivity contribution is -0.121. The van der Waals surface area contributed by atoms with Crippen LogP contribution in [0.15, 0.2) is 42.5 Å². The largest absolute Gasteiger partial charge is 0.495 e. The van der Waals surface area contributed by atoms with Crippen LogP contribution in [-0.4, -0.2) is 32.1 Å². The van der Waals surface area contributed by atoms with Gasteiger partial charge in [0, 0.05) is 5.69 Å². The molecule has 1 N–H and O–H groups in total. The number of carbonyl (C=O) groups is 2. The van der Waals surface area contributed by atoms with Crippen LogP contribution >= 0.6 is 11.6 Å². The van der Waals surface area contributed by atoms with Gasteiger partial charge in [0.1, 0.15) is 17.5 Å². The summed E-state index contributed by atoms with van der Waals surface area (Å²) in [5, 5.41) is 3.48. The number of nitrogens with one attached hydrogen (secondary N) is 1. The smallest absolute Gasteiger partial charge is 0.256 e. The highest BCUT2D eigenvalue weighted by molar-refractivity contribution is 6.32. The second-order valence-corrected chi connectivity index (χ2v) is 5.90. The number of para-hydroxylation sites is 2. The van der Waals surface area contributed by atoms with Crippen LogP contribution in [0.5, 0.6) is 11.5 Å². The number of benzene rings is 2. The summed E-state index contributed by atoms with van der Waals surface area (Å²) in [6, 6.07) is 11.4. The number of ether oxygens (including phenoxy) is 2. The third kappa shape index (κ3) is 3.25. The van der Waals surface area contributed by atoms with Gasteiger partial charge < -0.3 is 14.8 Å². The SMILES string of the molecule is COc1ccc(N[C@H]2CC(=O)N(c3ccccc3OC)C2=O)cc1Cl. The molecule has 0 saturated carbocycles. The van der Waals surface area contributed by atoms with Crippen LogP contribution in [0.25, 0.3) is 0 Å². The molecule has 0 spiro atoms. The van der Waals surface area contributed by atoms with Gasteiger partial charge in [0.05, 0.1) is 31.4 Å². The van der Waals surface area contributed by atoms with E-state index < -0.39 is 6.04 Å². The Morgan fingerprint density at radius 3 is 2.48 bits per heavy atom. The van der Waals surface area contributed by atoms with E-state index in [2.05, 4.69) is 5.32 Å². The Morgan fingerprint density at radius 2 is 1.80 bits per heavy atom. The van der Waals surface area contributed by atoms with Crippen LogP contribution in [0.4, 0.5) is 11.4 Å². The second-order valence-electron chi connectivity index (χ2n) is 5.49. The Morgan fingerprint density at radius 1 is 1.08 bits per heavy atom. The van der Waals surface area contributed by atoms with E-state index in [-0.39, 0.29) is 18.2 Å². The monoisotopic (exact) mass is 360 g/mol. The summed E-state index contributed by atoms with van der Waals surface area (Å²) in [7, 11) is 3.03. The molecule has 0 unspecified atom stereocenters. The maximum Gasteiger partial charge on any atom is 0.256 e. The van der Waals surface area contributed by atoms with Gasteiger partial charge in [-0.15, -0.1) is 0 Å². The molecule has 2 aromatic rings. The molecule has 2 amide bonds. The van der Waals surface area contributed by atoms with Gasteiger partial charge in [0.25, 0.3) is 5.91 Å². The minimum atomic E-state index is -0.665. The summed E-state index contributed by atoms with van der Waals surface area (Å²) in [6.45, 7) is 0. The normalized spacial score (nSPS) is 16.9. The number of anilines is 2. The fraction of sp³-hybridized carbons (Fsp3) is 0.222. The minimum absolute atomic E-state index is 0.0561. The first-order valence-corrected chi connectivity index (χ1v) is 8.03. The zero-order chi connectivity index (χ0) is 18.0. The Kier molecular flexibility index (Phi) is 4.81. The number of hydrogen-bond acceptors (Lipinski definition) is 5. The number of methoxy groups -OCH3 is 2. The van der Waals surface area contributed by atoms with E-state index >= 15 is 0 Å². The van der Waals surface area contributed by atoms with Crippen molar-refractivity contribution in [1.82, 2.24) is 0 Å². The van der Waals surface area contributed by atoms with Gasteiger partial charge in [-0.05, 0) is 30.3 Å². The average molecular weight is 361 g/mol. The predicted octanol–water partition coefficient (Wildman–Crippen LogP) is 3.10. The molecule has 3 rings (SSSR count). The van der Waals surface area contributed by atoms with Crippen LogP contribution in [0.3, 0.4) is 0 Å². The number of nitrogens with zero attached hydrogens (tertiary/aromatic N) is 1. The molecule has 1 heterocycles. The van der Waals surface area contributed by atoms with Crippen LogP contribution in [0.1, 0.15) is 6.42 Å². The zero-order valence-electron chi connectivity index (χ0n) is 13.8. The minimum Gasteiger partial charge on any atom is -0.495 e. The summed E-state index contributed by atoms with van der Waals surface area (Å²) in [5.41, 5.74) is 1.08. The van der Waals surface area contributed by atoms with Crippen molar-refractivity contribution in [1.29, 1.82) is 0 Å². The third-order valence-electron chi connectivity index (χ3n) is 3.97. The summed E-state index contributed by atoms with van der Waals surface area (Å²) >= 11 is 6.10. The van der Waals surface area contributed by atoms with Crippen molar-refractivity contribution in [3.63, 3.8) is 0 Å². The Balaban J connectivity index is 1.83. The van der Waals surface area contributed by atoms with Crippen molar-refractivity contribution < 1.29 is 19.1 Å². The number of halogens is 1. The Labute approximate surface area is 150 Å². The van der Waals surface area contributed by atoms with Crippen molar-refractivity contribution in [2.75, 3.05) is 24.4 Å². The van der Waals surface area contributed by atoms with Crippen molar-refractivity contribution in [3.05, 3.63) is 47.5 Å². The van der Waals surface area contributed by atoms with Gasteiger partial charge >= 0.3 is 0 Å². The molecule has 25 heavy (non-hydrogen) atoms.